The van der Waals surface area contributed by atoms with Gasteiger partial charge in [-0.15, -0.1) is 0 Å². The molecule has 0 atom stereocenters. The van der Waals surface area contributed by atoms with Crippen molar-refractivity contribution >= 4 is 33.8 Å². The molecule has 5 heteroatoms. The van der Waals surface area contributed by atoms with Crippen LogP contribution in [0.5, 0.6) is 5.75 Å². The molecule has 0 bridgehead atoms. The van der Waals surface area contributed by atoms with Gasteiger partial charge < -0.3 is 4.74 Å². The molecule has 0 unspecified atom stereocenters. The molecule has 0 saturated carbocycles. The minimum atomic E-state index is -0.623. The highest BCUT2D eigenvalue weighted by Gasteiger charge is 2.16. The summed E-state index contributed by atoms with van der Waals surface area (Å²) in [6.45, 7) is 0.296. The van der Waals surface area contributed by atoms with Crippen molar-refractivity contribution in [2.75, 3.05) is 6.61 Å². The maximum Gasteiger partial charge on any atom is 0.154 e. The fraction of sp³-hybridized carbons (Fsp3) is 0.214. The molecule has 0 heterocycles. The maximum atomic E-state index is 13.5. The normalized spacial score (nSPS) is 14.2. The molecule has 1 aromatic carbocycles. The van der Waals surface area contributed by atoms with Gasteiger partial charge in [0.15, 0.2) is 6.29 Å². The Morgan fingerprint density at radius 1 is 1.47 bits per heavy atom. The van der Waals surface area contributed by atoms with Crippen molar-refractivity contribution in [1.82, 2.24) is 0 Å². The molecule has 19 heavy (non-hydrogen) atoms. The van der Waals surface area contributed by atoms with E-state index in [1.165, 1.54) is 0 Å². The molecule has 0 spiro atoms. The minimum Gasteiger partial charge on any atom is -0.488 e. The van der Waals surface area contributed by atoms with Crippen molar-refractivity contribution in [2.24, 2.45) is 0 Å². The molecular formula is C14H11BrClFO2. The lowest BCUT2D eigenvalue weighted by Crippen LogP contribution is -2.04. The van der Waals surface area contributed by atoms with Gasteiger partial charge in [-0.2, -0.15) is 0 Å². The zero-order chi connectivity index (χ0) is 13.8. The predicted octanol–water partition coefficient (Wildman–Crippen LogP) is 4.71. The van der Waals surface area contributed by atoms with Gasteiger partial charge in [-0.05, 0) is 34.3 Å². The van der Waals surface area contributed by atoms with E-state index in [1.807, 2.05) is 6.08 Å². The highest BCUT2D eigenvalue weighted by molar-refractivity contribution is 9.10. The van der Waals surface area contributed by atoms with Gasteiger partial charge in [0.1, 0.15) is 18.2 Å². The number of hydrogen-bond donors (Lipinski definition) is 0. The van der Waals surface area contributed by atoms with Crippen LogP contribution < -0.4 is 4.74 Å². The summed E-state index contributed by atoms with van der Waals surface area (Å²) in [6.07, 6.45) is 8.65. The van der Waals surface area contributed by atoms with Crippen LogP contribution in [-0.2, 0) is 0 Å². The van der Waals surface area contributed by atoms with E-state index in [1.54, 1.807) is 0 Å². The van der Waals surface area contributed by atoms with Gasteiger partial charge in [0, 0.05) is 6.07 Å². The second-order valence-electron chi connectivity index (χ2n) is 4.06. The molecule has 0 amide bonds. The molecule has 1 aliphatic rings. The molecule has 2 rings (SSSR count). The lowest BCUT2D eigenvalue weighted by atomic mass is 10.1. The monoisotopic (exact) mass is 344 g/mol. The van der Waals surface area contributed by atoms with Crippen LogP contribution in [0.1, 0.15) is 23.2 Å². The zero-order valence-electron chi connectivity index (χ0n) is 9.96. The zero-order valence-corrected chi connectivity index (χ0v) is 12.3. The van der Waals surface area contributed by atoms with Gasteiger partial charge in [-0.3, -0.25) is 4.79 Å². The van der Waals surface area contributed by atoms with E-state index in [2.05, 4.69) is 28.1 Å². The lowest BCUT2D eigenvalue weighted by Gasteiger charge is -2.13. The van der Waals surface area contributed by atoms with Crippen molar-refractivity contribution in [1.29, 1.82) is 0 Å². The molecule has 0 fully saturated rings. The molecule has 0 aromatic heterocycles. The number of rotatable bonds is 4. The van der Waals surface area contributed by atoms with Gasteiger partial charge >= 0.3 is 0 Å². The molecule has 1 aliphatic carbocycles. The summed E-state index contributed by atoms with van der Waals surface area (Å²) < 4.78 is 19.3. The average molecular weight is 346 g/mol. The van der Waals surface area contributed by atoms with E-state index in [0.717, 1.165) is 24.5 Å². The second kappa shape index (κ2) is 6.35. The number of hydrogen-bond acceptors (Lipinski definition) is 2. The van der Waals surface area contributed by atoms with E-state index >= 15 is 0 Å². The average Bonchev–Trinajstić information content (AvgIpc) is 2.44. The number of carbonyl (C=O) groups is 1. The van der Waals surface area contributed by atoms with Gasteiger partial charge in [-0.1, -0.05) is 29.8 Å². The Labute approximate surface area is 124 Å². The summed E-state index contributed by atoms with van der Waals surface area (Å²) in [5.74, 6) is -0.439. The highest BCUT2D eigenvalue weighted by Crippen LogP contribution is 2.34. The minimum absolute atomic E-state index is 0.119. The molecular weight excluding hydrogens is 335 g/mol. The third-order valence-corrected chi connectivity index (χ3v) is 4.17. The van der Waals surface area contributed by atoms with Gasteiger partial charge in [0.05, 0.1) is 15.1 Å². The quantitative estimate of drug-likeness (QED) is 0.583. The van der Waals surface area contributed by atoms with Crippen molar-refractivity contribution in [3.8, 4) is 5.75 Å². The summed E-state index contributed by atoms with van der Waals surface area (Å²) in [5, 5.41) is -0.119. The molecule has 1 aromatic rings. The standard InChI is InChI=1S/C14H11BrClFO2/c15-13-10(7-18)12(6-11(17)14(13)16)19-8-9-4-2-1-3-5-9/h2,4-7H,1,3,8H2. The summed E-state index contributed by atoms with van der Waals surface area (Å²) in [7, 11) is 0. The first-order valence-corrected chi connectivity index (χ1v) is 6.91. The van der Waals surface area contributed by atoms with Crippen molar-refractivity contribution < 1.29 is 13.9 Å². The van der Waals surface area contributed by atoms with E-state index in [-0.39, 0.29) is 20.8 Å². The predicted molar refractivity (Wildman–Crippen MR) is 76.4 cm³/mol. The number of halogens is 3. The summed E-state index contributed by atoms with van der Waals surface area (Å²) in [5.41, 5.74) is 1.22. The Kier molecular flexibility index (Phi) is 4.77. The lowest BCUT2D eigenvalue weighted by molar-refractivity contribution is 0.111. The summed E-state index contributed by atoms with van der Waals surface area (Å²) in [6, 6.07) is 1.13. The Morgan fingerprint density at radius 2 is 2.26 bits per heavy atom. The topological polar surface area (TPSA) is 26.3 Å². The van der Waals surface area contributed by atoms with Crippen LogP contribution in [0.25, 0.3) is 0 Å². The Morgan fingerprint density at radius 3 is 2.89 bits per heavy atom. The first-order valence-electron chi connectivity index (χ1n) is 5.74. The molecule has 2 nitrogen and oxygen atoms in total. The van der Waals surface area contributed by atoms with Crippen LogP contribution in [-0.4, -0.2) is 12.9 Å². The SMILES string of the molecule is O=Cc1c(OCC2=CCCC=C2)cc(F)c(Cl)c1Br. The number of allylic oxidation sites excluding steroid dienone is 2. The van der Waals surface area contributed by atoms with Gasteiger partial charge in [-0.25, -0.2) is 4.39 Å². The van der Waals surface area contributed by atoms with Crippen molar-refractivity contribution in [2.45, 2.75) is 12.8 Å². The van der Waals surface area contributed by atoms with Crippen LogP contribution in [0.3, 0.4) is 0 Å². The molecule has 100 valence electrons. The maximum absolute atomic E-state index is 13.5. The molecule has 0 aliphatic heterocycles. The summed E-state index contributed by atoms with van der Waals surface area (Å²) in [4.78, 5) is 11.0. The fourth-order valence-corrected chi connectivity index (χ4v) is 2.39. The first kappa shape index (κ1) is 14.3. The largest absolute Gasteiger partial charge is 0.488 e. The van der Waals surface area contributed by atoms with Crippen molar-refractivity contribution in [3.05, 3.63) is 50.7 Å². The van der Waals surface area contributed by atoms with Crippen LogP contribution >= 0.6 is 27.5 Å². The van der Waals surface area contributed by atoms with Gasteiger partial charge in [0.2, 0.25) is 0 Å². The molecule has 0 radical (unpaired) electrons. The van der Waals surface area contributed by atoms with Gasteiger partial charge in [0.25, 0.3) is 0 Å². The Bertz CT molecular complexity index is 567. The summed E-state index contributed by atoms with van der Waals surface area (Å²) >= 11 is 8.82. The number of benzene rings is 1. The smallest absolute Gasteiger partial charge is 0.154 e. The third kappa shape index (κ3) is 3.25. The second-order valence-corrected chi connectivity index (χ2v) is 5.23. The van der Waals surface area contributed by atoms with E-state index in [0.29, 0.717) is 12.9 Å². The van der Waals surface area contributed by atoms with E-state index < -0.39 is 5.82 Å². The van der Waals surface area contributed by atoms with E-state index in [9.17, 15) is 9.18 Å². The Hall–Kier alpha value is -1.13. The third-order valence-electron chi connectivity index (χ3n) is 2.75. The number of aldehydes is 1. The first-order chi connectivity index (χ1) is 9.13. The van der Waals surface area contributed by atoms with Crippen LogP contribution in [0.2, 0.25) is 5.02 Å². The number of carbonyl (C=O) groups excluding carboxylic acids is 1. The molecule has 0 N–H and O–H groups in total. The van der Waals surface area contributed by atoms with Crippen LogP contribution in [0.4, 0.5) is 4.39 Å². The van der Waals surface area contributed by atoms with Crippen LogP contribution in [0.15, 0.2) is 34.3 Å². The fourth-order valence-electron chi connectivity index (χ4n) is 1.75. The molecule has 0 saturated heterocycles. The van der Waals surface area contributed by atoms with E-state index in [4.69, 9.17) is 16.3 Å². The number of ether oxygens (including phenoxy) is 1. The van der Waals surface area contributed by atoms with Crippen LogP contribution in [0, 0.1) is 5.82 Å². The Balaban J connectivity index is 2.22. The van der Waals surface area contributed by atoms with Crippen molar-refractivity contribution in [3.63, 3.8) is 0 Å². The highest BCUT2D eigenvalue weighted by atomic mass is 79.9.